The minimum Gasteiger partial charge on any atom is -0.481 e. The number of halogens is 3. The van der Waals surface area contributed by atoms with E-state index in [1.807, 2.05) is 0 Å². The topological polar surface area (TPSA) is 50.2 Å². The van der Waals surface area contributed by atoms with Crippen LogP contribution in [0, 0.1) is 6.92 Å². The lowest BCUT2D eigenvalue weighted by Gasteiger charge is -2.11. The summed E-state index contributed by atoms with van der Waals surface area (Å²) in [7, 11) is 0. The molecule has 88 valence electrons. The van der Waals surface area contributed by atoms with E-state index in [1.54, 1.807) is 13.0 Å². The number of carboxylic acids is 1. The Kier molecular flexibility index (Phi) is 4.35. The Hall–Kier alpha value is -1.04. The number of aryl methyl sites for hydroxylation is 1. The fourth-order valence-electron chi connectivity index (χ4n) is 1.45. The molecule has 0 atom stereocenters. The first kappa shape index (κ1) is 13.0. The lowest BCUT2D eigenvalue weighted by Crippen LogP contribution is -2.10. The third kappa shape index (κ3) is 2.98. The molecule has 6 heteroatoms. The van der Waals surface area contributed by atoms with Gasteiger partial charge in [0.1, 0.15) is 5.69 Å². The smallest absolute Gasteiger partial charge is 0.307 e. The van der Waals surface area contributed by atoms with E-state index in [2.05, 4.69) is 20.9 Å². The van der Waals surface area contributed by atoms with Gasteiger partial charge in [-0.2, -0.15) is 0 Å². The molecular weight excluding hydrogens is 284 g/mol. The second-order valence-electron chi connectivity index (χ2n) is 3.29. The van der Waals surface area contributed by atoms with Crippen LogP contribution in [0.1, 0.15) is 28.9 Å². The Morgan fingerprint density at radius 3 is 2.69 bits per heavy atom. The van der Waals surface area contributed by atoms with E-state index < -0.39 is 24.5 Å². The van der Waals surface area contributed by atoms with Crippen LogP contribution in [0.5, 0.6) is 0 Å². The Morgan fingerprint density at radius 2 is 2.25 bits per heavy atom. The monoisotopic (exact) mass is 293 g/mol. The van der Waals surface area contributed by atoms with Crippen LogP contribution in [-0.4, -0.2) is 16.1 Å². The number of aromatic nitrogens is 1. The van der Waals surface area contributed by atoms with E-state index in [9.17, 15) is 13.6 Å². The van der Waals surface area contributed by atoms with Crippen LogP contribution < -0.4 is 0 Å². The third-order valence-corrected chi connectivity index (χ3v) is 2.66. The molecule has 1 rings (SSSR count). The minimum absolute atomic E-state index is 0.102. The average molecular weight is 294 g/mol. The largest absolute Gasteiger partial charge is 0.481 e. The zero-order valence-electron chi connectivity index (χ0n) is 8.51. The number of nitrogens with zero attached hydrogens (tertiary/aromatic N) is 1. The molecule has 0 aliphatic rings. The predicted octanol–water partition coefficient (Wildman–Crippen LogP) is 2.85. The molecular formula is C10H10BrF2NO2. The van der Waals surface area contributed by atoms with Gasteiger partial charge in [-0.1, -0.05) is 15.9 Å². The van der Waals surface area contributed by atoms with Crippen molar-refractivity contribution in [3.8, 4) is 0 Å². The van der Waals surface area contributed by atoms with Gasteiger partial charge in [-0.25, -0.2) is 8.78 Å². The fraction of sp³-hybridized carbons (Fsp3) is 0.400. The molecule has 0 fully saturated rings. The highest BCUT2D eigenvalue weighted by molar-refractivity contribution is 9.08. The first-order valence-electron chi connectivity index (χ1n) is 4.51. The molecule has 1 heterocycles. The Labute approximate surface area is 99.6 Å². The van der Waals surface area contributed by atoms with Crippen molar-refractivity contribution in [2.75, 3.05) is 0 Å². The van der Waals surface area contributed by atoms with Gasteiger partial charge in [0.05, 0.1) is 6.42 Å². The molecule has 0 aliphatic carbocycles. The molecule has 0 amide bonds. The van der Waals surface area contributed by atoms with Crippen molar-refractivity contribution in [1.29, 1.82) is 0 Å². The molecule has 1 N–H and O–H groups in total. The molecule has 1 aromatic heterocycles. The zero-order valence-corrected chi connectivity index (χ0v) is 10.1. The van der Waals surface area contributed by atoms with Crippen LogP contribution in [0.15, 0.2) is 6.07 Å². The molecule has 0 bridgehead atoms. The lowest BCUT2D eigenvalue weighted by atomic mass is 10.0. The van der Waals surface area contributed by atoms with Crippen LogP contribution in [0.3, 0.4) is 0 Å². The highest BCUT2D eigenvalue weighted by Crippen LogP contribution is 2.26. The molecule has 0 saturated heterocycles. The molecule has 0 unspecified atom stereocenters. The number of hydrogen-bond donors (Lipinski definition) is 1. The number of hydrogen-bond acceptors (Lipinski definition) is 2. The maximum Gasteiger partial charge on any atom is 0.307 e. The van der Waals surface area contributed by atoms with Gasteiger partial charge >= 0.3 is 5.97 Å². The number of alkyl halides is 3. The van der Waals surface area contributed by atoms with Gasteiger partial charge in [-0.3, -0.25) is 9.78 Å². The molecule has 0 radical (unpaired) electrons. The summed E-state index contributed by atoms with van der Waals surface area (Å²) in [6.45, 7) is 1.60. The highest BCUT2D eigenvalue weighted by atomic mass is 79.9. The van der Waals surface area contributed by atoms with Gasteiger partial charge in [0, 0.05) is 11.0 Å². The van der Waals surface area contributed by atoms with Gasteiger partial charge in [0.2, 0.25) is 0 Å². The summed E-state index contributed by atoms with van der Waals surface area (Å²) < 4.78 is 25.4. The Bertz CT molecular complexity index is 410. The fourth-order valence-corrected chi connectivity index (χ4v) is 1.95. The van der Waals surface area contributed by atoms with Gasteiger partial charge in [-0.05, 0) is 24.1 Å². The van der Waals surface area contributed by atoms with Gasteiger partial charge in [0.15, 0.2) is 0 Å². The van der Waals surface area contributed by atoms with Crippen LogP contribution in [0.4, 0.5) is 8.78 Å². The van der Waals surface area contributed by atoms with Crippen molar-refractivity contribution < 1.29 is 18.7 Å². The molecule has 1 aromatic rings. The lowest BCUT2D eigenvalue weighted by molar-refractivity contribution is -0.136. The van der Waals surface area contributed by atoms with Crippen LogP contribution in [0.25, 0.3) is 0 Å². The SMILES string of the molecule is Cc1cc(CBr)c(CC(=O)O)c(C(F)F)n1. The summed E-state index contributed by atoms with van der Waals surface area (Å²) in [5, 5.41) is 9.01. The van der Waals surface area contributed by atoms with Gasteiger partial charge in [0.25, 0.3) is 6.43 Å². The molecule has 16 heavy (non-hydrogen) atoms. The van der Waals surface area contributed by atoms with E-state index in [4.69, 9.17) is 5.11 Å². The van der Waals surface area contributed by atoms with Crippen LogP contribution in [-0.2, 0) is 16.5 Å². The average Bonchev–Trinajstić information content (AvgIpc) is 2.19. The minimum atomic E-state index is -2.76. The van der Waals surface area contributed by atoms with Crippen molar-refractivity contribution in [3.05, 3.63) is 28.6 Å². The first-order chi connectivity index (χ1) is 7.45. The van der Waals surface area contributed by atoms with E-state index in [-0.39, 0.29) is 5.56 Å². The second kappa shape index (κ2) is 5.34. The zero-order chi connectivity index (χ0) is 12.3. The second-order valence-corrected chi connectivity index (χ2v) is 3.85. The maximum absolute atomic E-state index is 12.7. The summed E-state index contributed by atoms with van der Waals surface area (Å²) >= 11 is 3.15. The number of rotatable bonds is 4. The van der Waals surface area contributed by atoms with Crippen molar-refractivity contribution in [2.24, 2.45) is 0 Å². The normalized spacial score (nSPS) is 10.8. The number of pyridine rings is 1. The number of aliphatic carboxylic acids is 1. The summed E-state index contributed by atoms with van der Waals surface area (Å²) in [6, 6.07) is 1.61. The Balaban J connectivity index is 3.32. The molecule has 0 aliphatic heterocycles. The third-order valence-electron chi connectivity index (χ3n) is 2.06. The molecule has 0 aromatic carbocycles. The number of carbonyl (C=O) groups is 1. The maximum atomic E-state index is 12.7. The first-order valence-corrected chi connectivity index (χ1v) is 5.63. The summed E-state index contributed by atoms with van der Waals surface area (Å²) in [4.78, 5) is 14.3. The molecule has 3 nitrogen and oxygen atoms in total. The molecule has 0 spiro atoms. The van der Waals surface area contributed by atoms with Crippen molar-refractivity contribution >= 4 is 21.9 Å². The quantitative estimate of drug-likeness (QED) is 0.869. The summed E-state index contributed by atoms with van der Waals surface area (Å²) in [5.74, 6) is -1.14. The summed E-state index contributed by atoms with van der Waals surface area (Å²) in [5.41, 5.74) is 0.672. The summed E-state index contributed by atoms with van der Waals surface area (Å²) in [6.07, 6.45) is -3.19. The van der Waals surface area contributed by atoms with E-state index in [0.717, 1.165) is 0 Å². The van der Waals surface area contributed by atoms with E-state index in [0.29, 0.717) is 16.6 Å². The standard InChI is InChI=1S/C10H10BrF2NO2/c1-5-2-6(4-11)7(3-8(15)16)9(14-5)10(12)13/h2,10H,3-4H2,1H3,(H,15,16). The van der Waals surface area contributed by atoms with Crippen molar-refractivity contribution in [1.82, 2.24) is 4.98 Å². The van der Waals surface area contributed by atoms with Crippen molar-refractivity contribution in [3.63, 3.8) is 0 Å². The predicted molar refractivity (Wildman–Crippen MR) is 57.9 cm³/mol. The van der Waals surface area contributed by atoms with E-state index in [1.165, 1.54) is 0 Å². The van der Waals surface area contributed by atoms with Crippen LogP contribution >= 0.6 is 15.9 Å². The van der Waals surface area contributed by atoms with Crippen molar-refractivity contribution in [2.45, 2.75) is 25.1 Å². The number of carboxylic acid groups (broad SMARTS) is 1. The van der Waals surface area contributed by atoms with Crippen LogP contribution in [0.2, 0.25) is 0 Å². The molecule has 0 saturated carbocycles. The highest BCUT2D eigenvalue weighted by Gasteiger charge is 2.20. The Morgan fingerprint density at radius 1 is 1.62 bits per heavy atom. The van der Waals surface area contributed by atoms with Gasteiger partial charge in [-0.15, -0.1) is 0 Å². The van der Waals surface area contributed by atoms with E-state index >= 15 is 0 Å². The van der Waals surface area contributed by atoms with Gasteiger partial charge < -0.3 is 5.11 Å².